The summed E-state index contributed by atoms with van der Waals surface area (Å²) in [6.45, 7) is 0. The molecule has 48 valence electrons. The van der Waals surface area contributed by atoms with Crippen molar-refractivity contribution in [2.24, 2.45) is 0 Å². The van der Waals surface area contributed by atoms with Crippen LogP contribution in [0.1, 0.15) is 0 Å². The molecule has 0 fully saturated rings. The van der Waals surface area contributed by atoms with Crippen molar-refractivity contribution in [1.29, 1.82) is 0 Å². The summed E-state index contributed by atoms with van der Waals surface area (Å²) in [6.07, 6.45) is 0. The maximum atomic E-state index is 8.36. The molecule has 0 aromatic heterocycles. The maximum Gasteiger partial charge on any atom is 2.00 e. The van der Waals surface area contributed by atoms with Crippen molar-refractivity contribution >= 4 is 37.7 Å². The van der Waals surface area contributed by atoms with E-state index in [-0.39, 0.29) is 37.7 Å². The maximum absolute atomic E-state index is 8.36. The number of rotatable bonds is 0. The van der Waals surface area contributed by atoms with Crippen molar-refractivity contribution in [3.8, 4) is 0 Å². The first-order valence-corrected chi connectivity index (χ1v) is 1.13. The van der Waals surface area contributed by atoms with Crippen LogP contribution in [0.4, 0.5) is 0 Å². The van der Waals surface area contributed by atoms with Crippen molar-refractivity contribution in [3.05, 3.63) is 20.2 Å². The fourth-order valence-corrected chi connectivity index (χ4v) is 0. The summed E-state index contributed by atoms with van der Waals surface area (Å²) in [6, 6.07) is 0. The van der Waals surface area contributed by atoms with E-state index in [1.165, 1.54) is 0 Å². The van der Waals surface area contributed by atoms with Gasteiger partial charge in [0.1, 0.15) is 0 Å². The fraction of sp³-hybridized carbons (Fsp3) is 0. The molecule has 0 atom stereocenters. The molecule has 0 amide bonds. The Labute approximate surface area is 78.3 Å². The standard InChI is InChI=1S/Ca.2HNO3/c;2*2-1(3)4/h;2*(H,2,3,4)/q+2;;/i;2*1+1. The molecule has 8 nitrogen and oxygen atoms in total. The molecule has 0 spiro atoms. The molecule has 0 aliphatic carbocycles. The second-order valence-electron chi connectivity index (χ2n) is 0.476. The van der Waals surface area contributed by atoms with Crippen molar-refractivity contribution < 1.29 is 20.6 Å². The van der Waals surface area contributed by atoms with Crippen LogP contribution in [0.15, 0.2) is 0 Å². The first kappa shape index (κ1) is 15.9. The normalized spacial score (nSPS) is 5.33. The summed E-state index contributed by atoms with van der Waals surface area (Å²) in [7, 11) is 0. The van der Waals surface area contributed by atoms with E-state index in [9.17, 15) is 0 Å². The molecular formula is H2CaN2O6+2. The minimum Gasteiger partial charge on any atom is -0.328 e. The van der Waals surface area contributed by atoms with E-state index in [1.807, 2.05) is 0 Å². The molecule has 9 heteroatoms. The van der Waals surface area contributed by atoms with Gasteiger partial charge >= 0.3 is 37.7 Å². The van der Waals surface area contributed by atoms with Gasteiger partial charge in [-0.05, 0) is 0 Å². The summed E-state index contributed by atoms with van der Waals surface area (Å²) in [5.74, 6) is 0. The quantitative estimate of drug-likeness (QED) is 0.205. The summed E-state index contributed by atoms with van der Waals surface area (Å²) in [4.78, 5) is 16.7. The zero-order chi connectivity index (χ0) is 7.15. The topological polar surface area (TPSA) is 127 Å². The average molecular weight is 168 g/mol. The Morgan fingerprint density at radius 3 is 1.00 bits per heavy atom. The molecule has 2 N–H and O–H groups in total. The van der Waals surface area contributed by atoms with Gasteiger partial charge in [-0.2, -0.15) is 0 Å². The molecule has 0 heterocycles. The van der Waals surface area contributed by atoms with E-state index in [2.05, 4.69) is 0 Å². The summed E-state index contributed by atoms with van der Waals surface area (Å²) < 4.78 is 0. The van der Waals surface area contributed by atoms with E-state index in [0.717, 1.165) is 0 Å². The van der Waals surface area contributed by atoms with Crippen LogP contribution < -0.4 is 0 Å². The molecule has 0 aromatic rings. The summed E-state index contributed by atoms with van der Waals surface area (Å²) >= 11 is 0. The molecular weight excluding hydrogens is 166 g/mol. The van der Waals surface area contributed by atoms with Crippen LogP contribution in [0.2, 0.25) is 0 Å². The molecule has 0 bridgehead atoms. The smallest absolute Gasteiger partial charge is 0.328 e. The minimum atomic E-state index is -1.50. The van der Waals surface area contributed by atoms with Crippen LogP contribution in [0.25, 0.3) is 0 Å². The van der Waals surface area contributed by atoms with Crippen LogP contribution in [0.5, 0.6) is 0 Å². The first-order valence-electron chi connectivity index (χ1n) is 1.13. The minimum absolute atomic E-state index is 0. The van der Waals surface area contributed by atoms with Crippen molar-refractivity contribution in [1.82, 2.24) is 0 Å². The first-order chi connectivity index (χ1) is 3.46. The van der Waals surface area contributed by atoms with Gasteiger partial charge in [-0.1, -0.05) is 0 Å². The number of hydrogen-bond acceptors (Lipinski definition) is 4. The molecule has 0 aliphatic heterocycles. The van der Waals surface area contributed by atoms with Gasteiger partial charge in [-0.3, -0.25) is 0 Å². The molecule has 0 rings (SSSR count). The zero-order valence-corrected chi connectivity index (χ0v) is 6.34. The van der Waals surface area contributed by atoms with Gasteiger partial charge in [0, 0.05) is 0 Å². The Bertz CT molecular complexity index is 69.1. The van der Waals surface area contributed by atoms with E-state index >= 15 is 0 Å². The Hall–Kier alpha value is -0.340. The van der Waals surface area contributed by atoms with Crippen LogP contribution >= 0.6 is 0 Å². The Morgan fingerprint density at radius 1 is 1.00 bits per heavy atom. The third kappa shape index (κ3) is 2120. The number of nitrogens with zero attached hydrogens (tertiary/aromatic N) is 2. The van der Waals surface area contributed by atoms with Crippen LogP contribution in [0, 0.1) is 20.2 Å². The van der Waals surface area contributed by atoms with Crippen LogP contribution in [-0.4, -0.2) is 58.3 Å². The van der Waals surface area contributed by atoms with E-state index in [4.69, 9.17) is 30.6 Å². The molecule has 0 aliphatic rings. The number of hydrogen-bond donors (Lipinski definition) is 2. The molecule has 0 saturated carbocycles. The van der Waals surface area contributed by atoms with Gasteiger partial charge in [0.2, 0.25) is 0 Å². The predicted molar refractivity (Wildman–Crippen MR) is 23.3 cm³/mol. The van der Waals surface area contributed by atoms with Gasteiger partial charge in [0.25, 0.3) is 10.2 Å². The predicted octanol–water partition coefficient (Wildman–Crippen LogP) is -1.08. The molecule has 9 heavy (non-hydrogen) atoms. The fourth-order valence-electron chi connectivity index (χ4n) is 0. The third-order valence-electron chi connectivity index (χ3n) is 0. The van der Waals surface area contributed by atoms with Crippen molar-refractivity contribution in [3.63, 3.8) is 0 Å². The summed E-state index contributed by atoms with van der Waals surface area (Å²) in [5.41, 5.74) is 0. The van der Waals surface area contributed by atoms with Gasteiger partial charge in [-0.15, -0.1) is 20.2 Å². The third-order valence-corrected chi connectivity index (χ3v) is 0. The largest absolute Gasteiger partial charge is 2.00 e. The summed E-state index contributed by atoms with van der Waals surface area (Å²) in [5, 5.41) is 27.3. The van der Waals surface area contributed by atoms with Gasteiger partial charge in [-0.25, -0.2) is 0 Å². The average Bonchev–Trinajstić information content (AvgIpc) is 1.25. The second kappa shape index (κ2) is 10.6. The molecule has 0 aromatic carbocycles. The van der Waals surface area contributed by atoms with Gasteiger partial charge < -0.3 is 10.4 Å². The van der Waals surface area contributed by atoms with E-state index in [0.29, 0.717) is 0 Å². The molecule has 0 radical (unpaired) electrons. The molecule has 0 unspecified atom stereocenters. The Kier molecular flexibility index (Phi) is 18.7. The van der Waals surface area contributed by atoms with E-state index < -0.39 is 10.2 Å². The second-order valence-corrected chi connectivity index (χ2v) is 0.476. The molecule has 0 saturated heterocycles. The monoisotopic (exact) mass is 168 g/mol. The van der Waals surface area contributed by atoms with Crippen LogP contribution in [-0.2, 0) is 0 Å². The Morgan fingerprint density at radius 2 is 1.00 bits per heavy atom. The van der Waals surface area contributed by atoms with Gasteiger partial charge in [0.15, 0.2) is 0 Å². The van der Waals surface area contributed by atoms with Crippen molar-refractivity contribution in [2.45, 2.75) is 0 Å². The van der Waals surface area contributed by atoms with Crippen molar-refractivity contribution in [2.75, 3.05) is 0 Å². The van der Waals surface area contributed by atoms with Crippen LogP contribution in [0.3, 0.4) is 0 Å². The zero-order valence-electron chi connectivity index (χ0n) is 4.13. The van der Waals surface area contributed by atoms with E-state index in [1.54, 1.807) is 0 Å². The Balaban J connectivity index is -0.0000000720. The van der Waals surface area contributed by atoms with Gasteiger partial charge in [0.05, 0.1) is 0 Å². The SMILES string of the molecule is O=[15N+]([O-])O.O=[15N+]([O-])O.[Ca+2].